The molecular weight excluding hydrogens is 385 g/mol. The Morgan fingerprint density at radius 3 is 2.07 bits per heavy atom. The van der Waals surface area contributed by atoms with Crippen LogP contribution in [0.1, 0.15) is 51.9 Å². The van der Waals surface area contributed by atoms with E-state index in [-0.39, 0.29) is 11.3 Å². The Labute approximate surface area is 168 Å². The number of benzene rings is 1. The van der Waals surface area contributed by atoms with E-state index in [1.54, 1.807) is 41.5 Å². The van der Waals surface area contributed by atoms with Crippen molar-refractivity contribution in [3.8, 4) is 0 Å². The zero-order chi connectivity index (χ0) is 22.4. The highest BCUT2D eigenvalue weighted by molar-refractivity contribution is 6.06. The van der Waals surface area contributed by atoms with Gasteiger partial charge < -0.3 is 19.5 Å². The highest BCUT2D eigenvalue weighted by Gasteiger charge is 2.21. The van der Waals surface area contributed by atoms with E-state index in [4.69, 9.17) is 9.47 Å². The summed E-state index contributed by atoms with van der Waals surface area (Å²) in [6.45, 7) is 9.86. The maximum absolute atomic E-state index is 14.3. The summed E-state index contributed by atoms with van der Waals surface area (Å²) in [5.74, 6) is -1.97. The predicted octanol–water partition coefficient (Wildman–Crippen LogP) is 3.84. The minimum Gasteiger partial charge on any atom is -0.465 e. The summed E-state index contributed by atoms with van der Waals surface area (Å²) in [6.07, 6.45) is -1.93. The lowest BCUT2D eigenvalue weighted by Gasteiger charge is -2.21. The molecule has 10 heteroatoms. The van der Waals surface area contributed by atoms with E-state index >= 15 is 0 Å². The number of nitrogens with one attached hydrogen (secondary N) is 2. The van der Waals surface area contributed by atoms with Gasteiger partial charge in [0.2, 0.25) is 5.96 Å². The molecule has 0 radical (unpaired) electrons. The van der Waals surface area contributed by atoms with Crippen molar-refractivity contribution in [3.63, 3.8) is 0 Å². The van der Waals surface area contributed by atoms with E-state index in [0.717, 1.165) is 6.07 Å². The molecule has 0 aliphatic carbocycles. The van der Waals surface area contributed by atoms with Gasteiger partial charge in [-0.25, -0.2) is 18.8 Å². The third-order valence-electron chi connectivity index (χ3n) is 2.86. The van der Waals surface area contributed by atoms with Gasteiger partial charge in [-0.3, -0.25) is 5.32 Å². The van der Waals surface area contributed by atoms with Gasteiger partial charge in [0.1, 0.15) is 17.0 Å². The van der Waals surface area contributed by atoms with E-state index in [2.05, 4.69) is 20.4 Å². The molecule has 1 rings (SSSR count). The number of halogens is 1. The predicted molar refractivity (Wildman–Crippen MR) is 104 cm³/mol. The van der Waals surface area contributed by atoms with Crippen LogP contribution in [0.3, 0.4) is 0 Å². The van der Waals surface area contributed by atoms with Crippen LogP contribution in [0.4, 0.5) is 19.7 Å². The van der Waals surface area contributed by atoms with Crippen molar-refractivity contribution in [1.29, 1.82) is 0 Å². The molecule has 0 spiro atoms. The molecule has 0 atom stereocenters. The third-order valence-corrected chi connectivity index (χ3v) is 2.86. The molecule has 0 fully saturated rings. The summed E-state index contributed by atoms with van der Waals surface area (Å²) in [5.41, 5.74) is -1.81. The summed E-state index contributed by atoms with van der Waals surface area (Å²) in [5, 5.41) is 4.71. The normalized spacial score (nSPS) is 12.1. The van der Waals surface area contributed by atoms with Gasteiger partial charge in [0, 0.05) is 0 Å². The molecule has 0 aliphatic heterocycles. The summed E-state index contributed by atoms with van der Waals surface area (Å²) in [6, 6.07) is 3.46. The standard InChI is InChI=1S/C19H26FN3O6/c1-18(2,3)28-16(25)22-15(23-17(26)29-19(4,5)6)21-13-9-8-11(10-12(13)20)14(24)27-7/h8-10H,1-7H3,(H2,21,22,23,25,26). The van der Waals surface area contributed by atoms with E-state index in [9.17, 15) is 18.8 Å². The van der Waals surface area contributed by atoms with Crippen LogP contribution in [0.5, 0.6) is 0 Å². The molecule has 0 saturated carbocycles. The highest BCUT2D eigenvalue weighted by atomic mass is 19.1. The minimum absolute atomic E-state index is 0.0127. The molecule has 160 valence electrons. The maximum atomic E-state index is 14.3. The summed E-state index contributed by atoms with van der Waals surface area (Å²) >= 11 is 0. The number of esters is 1. The van der Waals surface area contributed by atoms with Gasteiger partial charge in [0.25, 0.3) is 0 Å². The zero-order valence-corrected chi connectivity index (χ0v) is 17.5. The first kappa shape index (κ1) is 23.9. The van der Waals surface area contributed by atoms with Crippen molar-refractivity contribution in [2.45, 2.75) is 52.7 Å². The van der Waals surface area contributed by atoms with E-state index in [1.165, 1.54) is 19.2 Å². The fraction of sp³-hybridized carbons (Fsp3) is 0.474. The number of hydrogen-bond donors (Lipinski definition) is 2. The monoisotopic (exact) mass is 411 g/mol. The molecule has 0 unspecified atom stereocenters. The Morgan fingerprint density at radius 2 is 1.59 bits per heavy atom. The number of rotatable bonds is 2. The van der Waals surface area contributed by atoms with Gasteiger partial charge in [-0.05, 0) is 59.7 Å². The van der Waals surface area contributed by atoms with Crippen LogP contribution in [0.2, 0.25) is 0 Å². The average Bonchev–Trinajstić information content (AvgIpc) is 2.52. The number of hydrogen-bond acceptors (Lipinski definition) is 6. The van der Waals surface area contributed by atoms with Crippen LogP contribution in [0.25, 0.3) is 0 Å². The minimum atomic E-state index is -1.01. The van der Waals surface area contributed by atoms with Crippen molar-refractivity contribution in [1.82, 2.24) is 5.32 Å². The van der Waals surface area contributed by atoms with Gasteiger partial charge in [0.05, 0.1) is 18.4 Å². The van der Waals surface area contributed by atoms with Crippen molar-refractivity contribution in [2.24, 2.45) is 4.99 Å². The van der Waals surface area contributed by atoms with Crippen LogP contribution < -0.4 is 10.6 Å². The Balaban J connectivity index is 3.12. The van der Waals surface area contributed by atoms with E-state index in [1.807, 2.05) is 0 Å². The number of ether oxygens (including phenoxy) is 3. The van der Waals surface area contributed by atoms with Gasteiger partial charge in [-0.2, -0.15) is 0 Å². The first-order valence-electron chi connectivity index (χ1n) is 8.67. The van der Waals surface area contributed by atoms with Crippen LogP contribution >= 0.6 is 0 Å². The van der Waals surface area contributed by atoms with E-state index in [0.29, 0.717) is 0 Å². The second-order valence-electron chi connectivity index (χ2n) is 7.88. The van der Waals surface area contributed by atoms with Crippen molar-refractivity contribution < 1.29 is 33.0 Å². The molecule has 1 aromatic rings. The van der Waals surface area contributed by atoms with Crippen molar-refractivity contribution in [3.05, 3.63) is 29.6 Å². The van der Waals surface area contributed by atoms with Gasteiger partial charge in [-0.1, -0.05) is 0 Å². The fourth-order valence-electron chi connectivity index (χ4n) is 1.85. The lowest BCUT2D eigenvalue weighted by Crippen LogP contribution is -2.40. The molecule has 2 amide bonds. The summed E-state index contributed by atoms with van der Waals surface area (Å²) in [7, 11) is 1.17. The first-order valence-corrected chi connectivity index (χ1v) is 8.67. The largest absolute Gasteiger partial charge is 0.465 e. The zero-order valence-electron chi connectivity index (χ0n) is 17.5. The number of carbonyl (C=O) groups excluding carboxylic acids is 3. The van der Waals surface area contributed by atoms with Crippen LogP contribution in [0, 0.1) is 5.82 Å². The Morgan fingerprint density at radius 1 is 1.00 bits per heavy atom. The van der Waals surface area contributed by atoms with Crippen molar-refractivity contribution in [2.75, 3.05) is 12.4 Å². The van der Waals surface area contributed by atoms with Crippen LogP contribution in [-0.4, -0.2) is 42.4 Å². The Kier molecular flexibility index (Phi) is 7.70. The SMILES string of the molecule is COC(=O)c1ccc(N/C(=N/C(=O)OC(C)(C)C)NC(=O)OC(C)(C)C)c(F)c1. The molecule has 1 aromatic carbocycles. The molecule has 9 nitrogen and oxygen atoms in total. The number of carbonyl (C=O) groups is 3. The Hall–Kier alpha value is -3.17. The Bertz CT molecular complexity index is 809. The second-order valence-corrected chi connectivity index (χ2v) is 7.88. The molecule has 2 N–H and O–H groups in total. The van der Waals surface area contributed by atoms with Gasteiger partial charge in [0.15, 0.2) is 0 Å². The lowest BCUT2D eigenvalue weighted by atomic mass is 10.2. The molecular formula is C19H26FN3O6. The van der Waals surface area contributed by atoms with Gasteiger partial charge >= 0.3 is 18.2 Å². The average molecular weight is 411 g/mol. The van der Waals surface area contributed by atoms with Crippen LogP contribution in [0.15, 0.2) is 23.2 Å². The fourth-order valence-corrected chi connectivity index (χ4v) is 1.85. The van der Waals surface area contributed by atoms with Crippen LogP contribution in [-0.2, 0) is 14.2 Å². The van der Waals surface area contributed by atoms with E-state index < -0.39 is 41.1 Å². The number of aliphatic imine (C=N–C) groups is 1. The number of nitrogens with zero attached hydrogens (tertiary/aromatic N) is 1. The molecule has 0 aromatic heterocycles. The summed E-state index contributed by atoms with van der Waals surface area (Å²) < 4.78 is 29.0. The number of guanidine groups is 1. The number of amides is 2. The molecule has 0 aliphatic rings. The molecule has 0 bridgehead atoms. The maximum Gasteiger partial charge on any atom is 0.437 e. The number of methoxy groups -OCH3 is 1. The highest BCUT2D eigenvalue weighted by Crippen LogP contribution is 2.17. The number of alkyl carbamates (subject to hydrolysis) is 1. The number of anilines is 1. The summed E-state index contributed by atoms with van der Waals surface area (Å²) in [4.78, 5) is 39.1. The van der Waals surface area contributed by atoms with Gasteiger partial charge in [-0.15, -0.1) is 4.99 Å². The quantitative estimate of drug-likeness (QED) is 0.329. The molecule has 0 heterocycles. The third kappa shape index (κ3) is 9.04. The smallest absolute Gasteiger partial charge is 0.437 e. The second kappa shape index (κ2) is 9.35. The lowest BCUT2D eigenvalue weighted by molar-refractivity contribution is 0.0559. The topological polar surface area (TPSA) is 115 Å². The van der Waals surface area contributed by atoms with Crippen molar-refractivity contribution >= 4 is 29.8 Å². The molecule has 29 heavy (non-hydrogen) atoms. The molecule has 0 saturated heterocycles. The first-order chi connectivity index (χ1) is 13.2.